The maximum absolute atomic E-state index is 10.6. The summed E-state index contributed by atoms with van der Waals surface area (Å²) in [5.41, 5.74) is 3.89. The molecule has 5 nitrogen and oxygen atoms in total. The molecule has 0 saturated carbocycles. The van der Waals surface area contributed by atoms with Gasteiger partial charge in [-0.25, -0.2) is 0 Å². The molecular formula is C25H35N2O3+. The van der Waals surface area contributed by atoms with Gasteiger partial charge in [0, 0.05) is 0 Å². The summed E-state index contributed by atoms with van der Waals surface area (Å²) in [6.45, 7) is 7.85. The monoisotopic (exact) mass is 411 g/mol. The Morgan fingerprint density at radius 2 is 1.87 bits per heavy atom. The summed E-state index contributed by atoms with van der Waals surface area (Å²) in [5.74, 6) is 0.963. The number of anilines is 1. The summed E-state index contributed by atoms with van der Waals surface area (Å²) < 4.78 is 11.9. The van der Waals surface area contributed by atoms with Crippen LogP contribution in [0.3, 0.4) is 0 Å². The second kappa shape index (κ2) is 10.3. The van der Waals surface area contributed by atoms with Gasteiger partial charge in [0.05, 0.1) is 51.2 Å². The molecule has 162 valence electrons. The third-order valence-electron chi connectivity index (χ3n) is 6.30. The second-order valence-corrected chi connectivity index (χ2v) is 8.41. The van der Waals surface area contributed by atoms with Crippen LogP contribution < -0.4 is 14.5 Å². The molecule has 30 heavy (non-hydrogen) atoms. The summed E-state index contributed by atoms with van der Waals surface area (Å²) in [6, 6.07) is 16.8. The Balaban J connectivity index is 1.24. The molecule has 0 radical (unpaired) electrons. The van der Waals surface area contributed by atoms with Gasteiger partial charge in [0.1, 0.15) is 18.4 Å². The summed E-state index contributed by atoms with van der Waals surface area (Å²) in [7, 11) is 0. The first kappa shape index (κ1) is 21.2. The predicted octanol–water partition coefficient (Wildman–Crippen LogP) is 2.25. The average Bonchev–Trinajstić information content (AvgIpc) is 2.79. The van der Waals surface area contributed by atoms with E-state index in [9.17, 15) is 5.11 Å². The number of rotatable bonds is 8. The van der Waals surface area contributed by atoms with E-state index in [1.54, 1.807) is 0 Å². The smallest absolute Gasteiger partial charge is 0.142 e. The maximum atomic E-state index is 10.6. The molecule has 0 bridgehead atoms. The lowest BCUT2D eigenvalue weighted by atomic mass is 9.89. The van der Waals surface area contributed by atoms with Gasteiger partial charge in [0.25, 0.3) is 0 Å². The molecule has 0 aromatic heterocycles. The lowest BCUT2D eigenvalue weighted by molar-refractivity contribution is -0.903. The number of quaternary nitrogens is 1. The van der Waals surface area contributed by atoms with E-state index in [1.165, 1.54) is 21.7 Å². The Morgan fingerprint density at radius 3 is 2.70 bits per heavy atom. The molecule has 2 atom stereocenters. The van der Waals surface area contributed by atoms with Crippen molar-refractivity contribution in [2.45, 2.75) is 38.4 Å². The minimum atomic E-state index is -0.420. The number of para-hydroxylation sites is 2. The summed E-state index contributed by atoms with van der Waals surface area (Å²) in [4.78, 5) is 3.84. The fraction of sp³-hybridized carbons (Fsp3) is 0.520. The van der Waals surface area contributed by atoms with E-state index in [2.05, 4.69) is 41.3 Å². The predicted molar refractivity (Wildman–Crippen MR) is 119 cm³/mol. The Kier molecular flexibility index (Phi) is 7.26. The van der Waals surface area contributed by atoms with Crippen molar-refractivity contribution in [3.05, 3.63) is 59.7 Å². The highest BCUT2D eigenvalue weighted by molar-refractivity contribution is 5.58. The van der Waals surface area contributed by atoms with Crippen molar-refractivity contribution in [1.82, 2.24) is 0 Å². The molecule has 5 heteroatoms. The Bertz CT molecular complexity index is 804. The van der Waals surface area contributed by atoms with Gasteiger partial charge in [-0.05, 0) is 49.4 Å². The quantitative estimate of drug-likeness (QED) is 0.700. The lowest BCUT2D eigenvalue weighted by Gasteiger charge is -2.35. The Labute approximate surface area is 180 Å². The number of nitrogens with one attached hydrogen (secondary N) is 1. The SMILES string of the molecule is CCOc1ccccc1N1CC[NH+](C[C@H](O)CO[C@H]2CCCc3ccccc32)CC1. The van der Waals surface area contributed by atoms with Crippen LogP contribution in [0, 0.1) is 0 Å². The first-order chi connectivity index (χ1) is 14.7. The van der Waals surface area contributed by atoms with Crippen molar-refractivity contribution in [1.29, 1.82) is 0 Å². The van der Waals surface area contributed by atoms with Crippen molar-refractivity contribution in [3.8, 4) is 5.75 Å². The summed E-state index contributed by atoms with van der Waals surface area (Å²) in [6.07, 6.45) is 3.06. The van der Waals surface area contributed by atoms with Gasteiger partial charge in [-0.1, -0.05) is 36.4 Å². The molecule has 2 aliphatic rings. The Morgan fingerprint density at radius 1 is 1.10 bits per heavy atom. The zero-order chi connectivity index (χ0) is 20.8. The van der Waals surface area contributed by atoms with E-state index in [0.717, 1.165) is 57.7 Å². The highest BCUT2D eigenvalue weighted by Crippen LogP contribution is 2.32. The van der Waals surface area contributed by atoms with Gasteiger partial charge >= 0.3 is 0 Å². The number of nitrogens with zero attached hydrogens (tertiary/aromatic N) is 1. The molecule has 1 heterocycles. The number of fused-ring (bicyclic) bond motifs is 1. The number of benzene rings is 2. The van der Waals surface area contributed by atoms with Crippen molar-refractivity contribution >= 4 is 5.69 Å². The van der Waals surface area contributed by atoms with Crippen LogP contribution in [-0.2, 0) is 11.2 Å². The van der Waals surface area contributed by atoms with Crippen molar-refractivity contribution in [2.75, 3.05) is 50.8 Å². The number of aliphatic hydroxyl groups excluding tert-OH is 1. The molecule has 2 aromatic carbocycles. The van der Waals surface area contributed by atoms with Gasteiger partial charge in [0.15, 0.2) is 0 Å². The molecule has 1 aliphatic carbocycles. The molecule has 0 amide bonds. The van der Waals surface area contributed by atoms with Crippen LogP contribution in [0.2, 0.25) is 0 Å². The van der Waals surface area contributed by atoms with Crippen LogP contribution in [0.4, 0.5) is 5.69 Å². The van der Waals surface area contributed by atoms with Gasteiger partial charge in [-0.15, -0.1) is 0 Å². The zero-order valence-corrected chi connectivity index (χ0v) is 18.1. The minimum absolute atomic E-state index is 0.131. The highest BCUT2D eigenvalue weighted by atomic mass is 16.5. The van der Waals surface area contributed by atoms with Crippen molar-refractivity contribution < 1.29 is 19.5 Å². The van der Waals surface area contributed by atoms with E-state index in [1.807, 2.05) is 19.1 Å². The minimum Gasteiger partial charge on any atom is -0.492 e. The molecule has 4 rings (SSSR count). The van der Waals surface area contributed by atoms with Crippen molar-refractivity contribution in [2.24, 2.45) is 0 Å². The standard InChI is InChI=1S/C25H34N2O3/c1-2-29-25-12-6-5-11-23(25)27-16-14-26(15-17-27)18-21(28)19-30-24-13-7-9-20-8-3-4-10-22(20)24/h3-6,8,10-12,21,24,28H,2,7,9,13-19H2,1H3/p+1/t21-,24-/m0/s1. The molecule has 0 unspecified atom stereocenters. The molecule has 1 aliphatic heterocycles. The van der Waals surface area contributed by atoms with E-state index in [4.69, 9.17) is 9.47 Å². The zero-order valence-electron chi connectivity index (χ0n) is 18.1. The molecule has 1 saturated heterocycles. The van der Waals surface area contributed by atoms with Crippen LogP contribution in [0.5, 0.6) is 5.75 Å². The first-order valence-corrected chi connectivity index (χ1v) is 11.4. The van der Waals surface area contributed by atoms with Gasteiger partial charge < -0.3 is 24.4 Å². The molecular weight excluding hydrogens is 376 g/mol. The van der Waals surface area contributed by atoms with Crippen LogP contribution in [0.25, 0.3) is 0 Å². The van der Waals surface area contributed by atoms with Crippen LogP contribution >= 0.6 is 0 Å². The fourth-order valence-corrected chi connectivity index (χ4v) is 4.77. The number of hydrogen-bond donors (Lipinski definition) is 2. The van der Waals surface area contributed by atoms with Crippen LogP contribution in [0.1, 0.15) is 37.0 Å². The third-order valence-corrected chi connectivity index (χ3v) is 6.30. The maximum Gasteiger partial charge on any atom is 0.142 e. The third kappa shape index (κ3) is 5.15. The Hall–Kier alpha value is -2.08. The number of aryl methyl sites for hydroxylation is 1. The number of aliphatic hydroxyl groups is 1. The van der Waals surface area contributed by atoms with Crippen molar-refractivity contribution in [3.63, 3.8) is 0 Å². The first-order valence-electron chi connectivity index (χ1n) is 11.4. The van der Waals surface area contributed by atoms with Gasteiger partial charge in [-0.2, -0.15) is 0 Å². The average molecular weight is 412 g/mol. The van der Waals surface area contributed by atoms with Gasteiger partial charge in [0.2, 0.25) is 0 Å². The van der Waals surface area contributed by atoms with E-state index in [-0.39, 0.29) is 6.10 Å². The molecule has 2 N–H and O–H groups in total. The lowest BCUT2D eigenvalue weighted by Crippen LogP contribution is -3.16. The van der Waals surface area contributed by atoms with Crippen LogP contribution in [-0.4, -0.2) is 57.1 Å². The van der Waals surface area contributed by atoms with E-state index >= 15 is 0 Å². The van der Waals surface area contributed by atoms with Crippen LogP contribution in [0.15, 0.2) is 48.5 Å². The number of piperazine rings is 1. The number of hydrogen-bond acceptors (Lipinski definition) is 4. The normalized spacial score (nSPS) is 20.6. The fourth-order valence-electron chi connectivity index (χ4n) is 4.77. The van der Waals surface area contributed by atoms with E-state index < -0.39 is 6.10 Å². The second-order valence-electron chi connectivity index (χ2n) is 8.41. The topological polar surface area (TPSA) is 46.4 Å². The molecule has 0 spiro atoms. The molecule has 2 aromatic rings. The number of ether oxygens (including phenoxy) is 2. The highest BCUT2D eigenvalue weighted by Gasteiger charge is 2.26. The van der Waals surface area contributed by atoms with E-state index in [0.29, 0.717) is 13.2 Å². The molecule has 1 fully saturated rings. The summed E-state index contributed by atoms with van der Waals surface area (Å²) >= 11 is 0. The van der Waals surface area contributed by atoms with Gasteiger partial charge in [-0.3, -0.25) is 0 Å². The largest absolute Gasteiger partial charge is 0.492 e. The summed E-state index contributed by atoms with van der Waals surface area (Å²) in [5, 5.41) is 10.6.